The summed E-state index contributed by atoms with van der Waals surface area (Å²) < 4.78 is 7.84. The zero-order valence-electron chi connectivity index (χ0n) is 13.1. The van der Waals surface area contributed by atoms with E-state index in [-0.39, 0.29) is 11.6 Å². The van der Waals surface area contributed by atoms with E-state index in [2.05, 4.69) is 36.5 Å². The Labute approximate surface area is 148 Å². The van der Waals surface area contributed by atoms with Crippen LogP contribution < -0.4 is 16.0 Å². The van der Waals surface area contributed by atoms with E-state index >= 15 is 0 Å². The Morgan fingerprint density at radius 1 is 1.38 bits per heavy atom. The fourth-order valence-electron chi connectivity index (χ4n) is 2.52. The van der Waals surface area contributed by atoms with Crippen molar-refractivity contribution in [1.29, 1.82) is 0 Å². The Balaban J connectivity index is 1.79. The standard InChI is InChI=1S/C15H19BrN6O2/c16-11-1-2-14(21-5-7-24-8-6-21)12(9-11)18-15(23)13-10-22(4-3-17)20-19-13/h1-2,9-10H,3-8,17H2,(H,18,23). The number of carbonyl (C=O) groups excluding carboxylic acids is 1. The fraction of sp³-hybridized carbons (Fsp3) is 0.400. The third-order valence-electron chi connectivity index (χ3n) is 3.69. The van der Waals surface area contributed by atoms with Gasteiger partial charge in [0.1, 0.15) is 0 Å². The molecule has 0 saturated carbocycles. The lowest BCUT2D eigenvalue weighted by Crippen LogP contribution is -2.36. The molecule has 1 aromatic heterocycles. The van der Waals surface area contributed by atoms with Gasteiger partial charge in [-0.2, -0.15) is 0 Å². The van der Waals surface area contributed by atoms with E-state index in [0.29, 0.717) is 26.3 Å². The SMILES string of the molecule is NCCn1cc(C(=O)Nc2cc(Br)ccc2N2CCOCC2)nn1. The highest BCUT2D eigenvalue weighted by Gasteiger charge is 2.18. The second-order valence-electron chi connectivity index (χ2n) is 5.37. The van der Waals surface area contributed by atoms with Gasteiger partial charge >= 0.3 is 0 Å². The third-order valence-corrected chi connectivity index (χ3v) is 4.18. The topological polar surface area (TPSA) is 98.3 Å². The summed E-state index contributed by atoms with van der Waals surface area (Å²) in [5, 5.41) is 10.7. The first kappa shape index (κ1) is 16.9. The van der Waals surface area contributed by atoms with Crippen LogP contribution in [0.2, 0.25) is 0 Å². The van der Waals surface area contributed by atoms with Crippen LogP contribution in [0.4, 0.5) is 11.4 Å². The highest BCUT2D eigenvalue weighted by molar-refractivity contribution is 9.10. The van der Waals surface area contributed by atoms with Gasteiger partial charge in [-0.15, -0.1) is 5.10 Å². The molecule has 1 aromatic carbocycles. The van der Waals surface area contributed by atoms with Gasteiger partial charge in [0.05, 0.1) is 37.3 Å². The Morgan fingerprint density at radius 2 is 2.17 bits per heavy atom. The van der Waals surface area contributed by atoms with Crippen molar-refractivity contribution in [1.82, 2.24) is 15.0 Å². The molecule has 0 radical (unpaired) electrons. The summed E-state index contributed by atoms with van der Waals surface area (Å²) in [7, 11) is 0. The number of hydrogen-bond donors (Lipinski definition) is 2. The lowest BCUT2D eigenvalue weighted by Gasteiger charge is -2.30. The molecule has 2 heterocycles. The number of rotatable bonds is 5. The highest BCUT2D eigenvalue weighted by Crippen LogP contribution is 2.30. The van der Waals surface area contributed by atoms with Gasteiger partial charge in [0.25, 0.3) is 5.91 Å². The summed E-state index contributed by atoms with van der Waals surface area (Å²) in [5.74, 6) is -0.300. The smallest absolute Gasteiger partial charge is 0.277 e. The van der Waals surface area contributed by atoms with E-state index in [1.54, 1.807) is 10.9 Å². The van der Waals surface area contributed by atoms with Crippen molar-refractivity contribution in [3.63, 3.8) is 0 Å². The number of nitrogens with one attached hydrogen (secondary N) is 1. The summed E-state index contributed by atoms with van der Waals surface area (Å²) in [4.78, 5) is 14.7. The molecule has 8 nitrogen and oxygen atoms in total. The molecule has 1 aliphatic heterocycles. The molecule has 1 saturated heterocycles. The van der Waals surface area contributed by atoms with Crippen molar-refractivity contribution in [2.24, 2.45) is 5.73 Å². The number of benzene rings is 1. The molecule has 1 aliphatic rings. The largest absolute Gasteiger partial charge is 0.378 e. The number of ether oxygens (including phenoxy) is 1. The molecular formula is C15H19BrN6O2. The molecule has 3 N–H and O–H groups in total. The molecule has 0 atom stereocenters. The van der Waals surface area contributed by atoms with Crippen molar-refractivity contribution in [2.45, 2.75) is 6.54 Å². The van der Waals surface area contributed by atoms with E-state index in [1.165, 1.54) is 0 Å². The Hall–Kier alpha value is -1.97. The van der Waals surface area contributed by atoms with Crippen LogP contribution in [-0.2, 0) is 11.3 Å². The average molecular weight is 395 g/mol. The second-order valence-corrected chi connectivity index (χ2v) is 6.29. The minimum atomic E-state index is -0.300. The number of aromatic nitrogens is 3. The monoisotopic (exact) mass is 394 g/mol. The van der Waals surface area contributed by atoms with Crippen molar-refractivity contribution >= 4 is 33.2 Å². The van der Waals surface area contributed by atoms with Gasteiger partial charge in [-0.1, -0.05) is 21.1 Å². The third kappa shape index (κ3) is 3.92. The van der Waals surface area contributed by atoms with Crippen LogP contribution in [-0.4, -0.2) is 53.7 Å². The number of anilines is 2. The maximum atomic E-state index is 12.5. The lowest BCUT2D eigenvalue weighted by atomic mass is 10.2. The predicted octanol–water partition coefficient (Wildman–Crippen LogP) is 1.09. The molecule has 9 heteroatoms. The van der Waals surface area contributed by atoms with Gasteiger partial charge in [0, 0.05) is 24.1 Å². The minimum absolute atomic E-state index is 0.261. The second kappa shape index (κ2) is 7.73. The number of halogens is 1. The zero-order valence-corrected chi connectivity index (χ0v) is 14.7. The molecule has 2 aromatic rings. The van der Waals surface area contributed by atoms with Crippen molar-refractivity contribution in [3.8, 4) is 0 Å². The summed E-state index contributed by atoms with van der Waals surface area (Å²) in [6.07, 6.45) is 1.59. The molecule has 128 valence electrons. The first-order chi connectivity index (χ1) is 11.7. The zero-order chi connectivity index (χ0) is 16.9. The molecule has 0 unspecified atom stereocenters. The van der Waals surface area contributed by atoms with E-state index in [9.17, 15) is 4.79 Å². The first-order valence-corrected chi connectivity index (χ1v) is 8.50. The van der Waals surface area contributed by atoms with Crippen LogP contribution >= 0.6 is 15.9 Å². The highest BCUT2D eigenvalue weighted by atomic mass is 79.9. The Morgan fingerprint density at radius 3 is 2.92 bits per heavy atom. The summed E-state index contributed by atoms with van der Waals surface area (Å²) in [6.45, 7) is 3.90. The molecule has 1 amide bonds. The van der Waals surface area contributed by atoms with Gasteiger partial charge in [-0.25, -0.2) is 0 Å². The molecule has 0 bridgehead atoms. The molecule has 0 spiro atoms. The van der Waals surface area contributed by atoms with Crippen LogP contribution in [0.3, 0.4) is 0 Å². The van der Waals surface area contributed by atoms with Gasteiger partial charge in [0.2, 0.25) is 0 Å². The maximum absolute atomic E-state index is 12.5. The van der Waals surface area contributed by atoms with E-state index in [1.807, 2.05) is 18.2 Å². The van der Waals surface area contributed by atoms with Crippen molar-refractivity contribution in [2.75, 3.05) is 43.1 Å². The molecule has 1 fully saturated rings. The normalized spacial score (nSPS) is 14.7. The maximum Gasteiger partial charge on any atom is 0.277 e. The predicted molar refractivity (Wildman–Crippen MR) is 94.2 cm³/mol. The van der Waals surface area contributed by atoms with Crippen molar-refractivity contribution in [3.05, 3.63) is 34.6 Å². The number of carbonyl (C=O) groups is 1. The van der Waals surface area contributed by atoms with Gasteiger partial charge in [-0.05, 0) is 18.2 Å². The van der Waals surface area contributed by atoms with Crippen LogP contribution in [0, 0.1) is 0 Å². The number of amides is 1. The summed E-state index contributed by atoms with van der Waals surface area (Å²) in [5.41, 5.74) is 7.43. The van der Waals surface area contributed by atoms with Gasteiger partial charge in [0.15, 0.2) is 5.69 Å². The lowest BCUT2D eigenvalue weighted by molar-refractivity contribution is 0.102. The number of nitrogens with zero attached hydrogens (tertiary/aromatic N) is 4. The quantitative estimate of drug-likeness (QED) is 0.787. The van der Waals surface area contributed by atoms with Crippen LogP contribution in [0.25, 0.3) is 0 Å². The summed E-state index contributed by atoms with van der Waals surface area (Å²) in [6, 6.07) is 5.82. The molecule has 3 rings (SSSR count). The van der Waals surface area contributed by atoms with E-state index < -0.39 is 0 Å². The first-order valence-electron chi connectivity index (χ1n) is 7.71. The van der Waals surface area contributed by atoms with Crippen LogP contribution in [0.1, 0.15) is 10.5 Å². The molecular weight excluding hydrogens is 376 g/mol. The van der Waals surface area contributed by atoms with Crippen molar-refractivity contribution < 1.29 is 9.53 Å². The Kier molecular flexibility index (Phi) is 5.44. The van der Waals surface area contributed by atoms with Gasteiger partial charge in [-0.3, -0.25) is 9.48 Å². The molecule has 24 heavy (non-hydrogen) atoms. The van der Waals surface area contributed by atoms with Crippen LogP contribution in [0.15, 0.2) is 28.9 Å². The Bertz CT molecular complexity index is 714. The van der Waals surface area contributed by atoms with Gasteiger partial charge < -0.3 is 20.7 Å². The van der Waals surface area contributed by atoms with E-state index in [0.717, 1.165) is 28.9 Å². The molecule has 0 aliphatic carbocycles. The number of nitrogens with two attached hydrogens (primary N) is 1. The van der Waals surface area contributed by atoms with Crippen LogP contribution in [0.5, 0.6) is 0 Å². The fourth-order valence-corrected chi connectivity index (χ4v) is 2.88. The summed E-state index contributed by atoms with van der Waals surface area (Å²) >= 11 is 3.45. The van der Waals surface area contributed by atoms with E-state index in [4.69, 9.17) is 10.5 Å². The number of morpholine rings is 1. The number of hydrogen-bond acceptors (Lipinski definition) is 6. The average Bonchev–Trinajstić information content (AvgIpc) is 3.05. The minimum Gasteiger partial charge on any atom is -0.378 e.